The van der Waals surface area contributed by atoms with Gasteiger partial charge in [-0.1, -0.05) is 48.0 Å². The van der Waals surface area contributed by atoms with Crippen LogP contribution in [0.5, 0.6) is 0 Å². The number of carbonyl (C=O) groups is 1. The molecule has 6 heteroatoms. The number of furan rings is 1. The fourth-order valence-electron chi connectivity index (χ4n) is 3.41. The molecule has 0 aliphatic carbocycles. The molecule has 0 saturated carbocycles. The second-order valence-corrected chi connectivity index (χ2v) is 7.39. The predicted molar refractivity (Wildman–Crippen MR) is 113 cm³/mol. The van der Waals surface area contributed by atoms with E-state index in [0.717, 1.165) is 44.0 Å². The molecule has 3 aromatic rings. The number of nitrogens with one attached hydrogen (secondary N) is 1. The van der Waals surface area contributed by atoms with Gasteiger partial charge >= 0.3 is 0 Å². The molecule has 4 rings (SSSR count). The zero-order valence-corrected chi connectivity index (χ0v) is 16.8. The van der Waals surface area contributed by atoms with E-state index in [4.69, 9.17) is 20.8 Å². The first-order valence-corrected chi connectivity index (χ1v) is 10.1. The van der Waals surface area contributed by atoms with Gasteiger partial charge in [-0.3, -0.25) is 9.69 Å². The molecular formula is C23H23ClN2O3. The molecule has 2 heterocycles. The van der Waals surface area contributed by atoms with E-state index < -0.39 is 0 Å². The standard InChI is InChI=1S/C23H23ClN2O3/c24-20-8-4-3-7-19(20)21-9-10-22(29-21)23(27)25-15-17-5-1-2-6-18(17)16-26-11-13-28-14-12-26/h1-10H,11-16H2,(H,25,27). The molecule has 1 aliphatic heterocycles. The van der Waals surface area contributed by atoms with E-state index in [1.807, 2.05) is 36.4 Å². The molecule has 1 fully saturated rings. The van der Waals surface area contributed by atoms with Gasteiger partial charge in [-0.2, -0.15) is 0 Å². The van der Waals surface area contributed by atoms with E-state index >= 15 is 0 Å². The van der Waals surface area contributed by atoms with E-state index in [9.17, 15) is 4.79 Å². The van der Waals surface area contributed by atoms with Crippen molar-refractivity contribution in [3.63, 3.8) is 0 Å². The number of carbonyl (C=O) groups excluding carboxylic acids is 1. The van der Waals surface area contributed by atoms with Gasteiger partial charge in [0, 0.05) is 31.7 Å². The molecule has 0 radical (unpaired) electrons. The average molecular weight is 411 g/mol. The van der Waals surface area contributed by atoms with Crippen LogP contribution in [-0.2, 0) is 17.8 Å². The highest BCUT2D eigenvalue weighted by Crippen LogP contribution is 2.29. The molecule has 0 atom stereocenters. The Morgan fingerprint density at radius 3 is 2.48 bits per heavy atom. The Morgan fingerprint density at radius 1 is 0.966 bits per heavy atom. The molecule has 0 bridgehead atoms. The molecular weight excluding hydrogens is 388 g/mol. The molecule has 1 saturated heterocycles. The molecule has 1 amide bonds. The van der Waals surface area contributed by atoms with Crippen LogP contribution in [0.25, 0.3) is 11.3 Å². The Bertz CT molecular complexity index is 980. The normalized spacial score (nSPS) is 14.7. The van der Waals surface area contributed by atoms with Crippen LogP contribution in [0.15, 0.2) is 65.1 Å². The lowest BCUT2D eigenvalue weighted by atomic mass is 10.1. The first kappa shape index (κ1) is 19.7. The monoisotopic (exact) mass is 410 g/mol. The molecule has 1 aromatic heterocycles. The fraction of sp³-hybridized carbons (Fsp3) is 0.261. The van der Waals surface area contributed by atoms with Crippen molar-refractivity contribution in [2.75, 3.05) is 26.3 Å². The van der Waals surface area contributed by atoms with Gasteiger partial charge < -0.3 is 14.5 Å². The summed E-state index contributed by atoms with van der Waals surface area (Å²) in [7, 11) is 0. The lowest BCUT2D eigenvalue weighted by molar-refractivity contribution is 0.0340. The van der Waals surface area contributed by atoms with Gasteiger partial charge in [-0.05, 0) is 35.4 Å². The Morgan fingerprint density at radius 2 is 1.69 bits per heavy atom. The number of amides is 1. The number of halogens is 1. The van der Waals surface area contributed by atoms with Gasteiger partial charge in [-0.25, -0.2) is 0 Å². The van der Waals surface area contributed by atoms with Crippen molar-refractivity contribution in [3.8, 4) is 11.3 Å². The van der Waals surface area contributed by atoms with Crippen molar-refractivity contribution in [1.29, 1.82) is 0 Å². The molecule has 0 spiro atoms. The maximum atomic E-state index is 12.6. The van der Waals surface area contributed by atoms with E-state index in [0.29, 0.717) is 17.3 Å². The third kappa shape index (κ3) is 4.88. The van der Waals surface area contributed by atoms with Crippen LogP contribution in [0, 0.1) is 0 Å². The molecule has 5 nitrogen and oxygen atoms in total. The number of hydrogen-bond donors (Lipinski definition) is 1. The largest absolute Gasteiger partial charge is 0.451 e. The Hall–Kier alpha value is -2.60. The van der Waals surface area contributed by atoms with Crippen molar-refractivity contribution in [1.82, 2.24) is 10.2 Å². The maximum Gasteiger partial charge on any atom is 0.287 e. The maximum absolute atomic E-state index is 12.6. The molecule has 29 heavy (non-hydrogen) atoms. The van der Waals surface area contributed by atoms with Gasteiger partial charge in [0.1, 0.15) is 5.76 Å². The lowest BCUT2D eigenvalue weighted by Crippen LogP contribution is -2.36. The second kappa shape index (κ2) is 9.27. The highest BCUT2D eigenvalue weighted by atomic mass is 35.5. The number of hydrogen-bond acceptors (Lipinski definition) is 4. The lowest BCUT2D eigenvalue weighted by Gasteiger charge is -2.27. The molecule has 0 unspecified atom stereocenters. The SMILES string of the molecule is O=C(NCc1ccccc1CN1CCOCC1)c1ccc(-c2ccccc2Cl)o1. The summed E-state index contributed by atoms with van der Waals surface area (Å²) >= 11 is 6.21. The van der Waals surface area contributed by atoms with Crippen LogP contribution >= 0.6 is 11.6 Å². The van der Waals surface area contributed by atoms with E-state index in [1.54, 1.807) is 18.2 Å². The Labute approximate surface area is 175 Å². The molecule has 150 valence electrons. The first-order valence-electron chi connectivity index (χ1n) is 9.70. The van der Waals surface area contributed by atoms with Crippen LogP contribution in [0.2, 0.25) is 5.02 Å². The number of morpholine rings is 1. The number of nitrogens with zero attached hydrogens (tertiary/aromatic N) is 1. The van der Waals surface area contributed by atoms with Crippen LogP contribution < -0.4 is 5.32 Å². The summed E-state index contributed by atoms with van der Waals surface area (Å²) in [6.45, 7) is 4.69. The average Bonchev–Trinajstić information content (AvgIpc) is 3.24. The number of ether oxygens (including phenoxy) is 1. The van der Waals surface area contributed by atoms with Crippen molar-refractivity contribution in [2.24, 2.45) is 0 Å². The number of rotatable bonds is 6. The van der Waals surface area contributed by atoms with Gasteiger partial charge in [0.2, 0.25) is 0 Å². The van der Waals surface area contributed by atoms with Crippen LogP contribution in [0.3, 0.4) is 0 Å². The van der Waals surface area contributed by atoms with Crippen molar-refractivity contribution < 1.29 is 13.9 Å². The fourth-order valence-corrected chi connectivity index (χ4v) is 3.64. The van der Waals surface area contributed by atoms with Gasteiger partial charge in [0.15, 0.2) is 5.76 Å². The minimum Gasteiger partial charge on any atom is -0.451 e. The summed E-state index contributed by atoms with van der Waals surface area (Å²) in [5.74, 6) is 0.600. The topological polar surface area (TPSA) is 54.7 Å². The summed E-state index contributed by atoms with van der Waals surface area (Å²) in [5, 5.41) is 3.55. The third-order valence-corrected chi connectivity index (χ3v) is 5.35. The summed E-state index contributed by atoms with van der Waals surface area (Å²) in [5.41, 5.74) is 3.08. The summed E-state index contributed by atoms with van der Waals surface area (Å²) in [6, 6.07) is 19.0. The summed E-state index contributed by atoms with van der Waals surface area (Å²) in [4.78, 5) is 15.0. The first-order chi connectivity index (χ1) is 14.2. The Balaban J connectivity index is 1.41. The van der Waals surface area contributed by atoms with Crippen LogP contribution in [0.1, 0.15) is 21.7 Å². The Kier molecular flexibility index (Phi) is 6.30. The highest BCUT2D eigenvalue weighted by molar-refractivity contribution is 6.33. The zero-order chi connectivity index (χ0) is 20.1. The highest BCUT2D eigenvalue weighted by Gasteiger charge is 2.16. The third-order valence-electron chi connectivity index (χ3n) is 5.02. The molecule has 2 aromatic carbocycles. The summed E-state index contributed by atoms with van der Waals surface area (Å²) in [6.07, 6.45) is 0. The van der Waals surface area contributed by atoms with Gasteiger partial charge in [0.05, 0.1) is 18.2 Å². The van der Waals surface area contributed by atoms with Crippen molar-refractivity contribution in [3.05, 3.63) is 82.6 Å². The van der Waals surface area contributed by atoms with Gasteiger partial charge in [0.25, 0.3) is 5.91 Å². The zero-order valence-electron chi connectivity index (χ0n) is 16.1. The van der Waals surface area contributed by atoms with Crippen molar-refractivity contribution in [2.45, 2.75) is 13.1 Å². The second-order valence-electron chi connectivity index (χ2n) is 6.98. The predicted octanol–water partition coefficient (Wildman–Crippen LogP) is 4.36. The van der Waals surface area contributed by atoms with E-state index in [2.05, 4.69) is 16.3 Å². The number of benzene rings is 2. The minimum atomic E-state index is -0.246. The van der Waals surface area contributed by atoms with E-state index in [1.165, 1.54) is 5.56 Å². The molecule has 1 N–H and O–H groups in total. The molecule has 1 aliphatic rings. The van der Waals surface area contributed by atoms with Crippen molar-refractivity contribution >= 4 is 17.5 Å². The smallest absolute Gasteiger partial charge is 0.287 e. The summed E-state index contributed by atoms with van der Waals surface area (Å²) < 4.78 is 11.2. The quantitative estimate of drug-likeness (QED) is 0.656. The van der Waals surface area contributed by atoms with Gasteiger partial charge in [-0.15, -0.1) is 0 Å². The minimum absolute atomic E-state index is 0.246. The van der Waals surface area contributed by atoms with E-state index in [-0.39, 0.29) is 11.7 Å². The van der Waals surface area contributed by atoms with Crippen LogP contribution in [0.4, 0.5) is 0 Å². The van der Waals surface area contributed by atoms with Crippen LogP contribution in [-0.4, -0.2) is 37.1 Å².